The molecule has 0 aliphatic carbocycles. The average molecular weight is 329 g/mol. The second-order valence-corrected chi connectivity index (χ2v) is 13.5. The summed E-state index contributed by atoms with van der Waals surface area (Å²) in [6, 6.07) is 0. The van der Waals surface area contributed by atoms with Crippen molar-refractivity contribution in [2.75, 3.05) is 0 Å². The van der Waals surface area contributed by atoms with E-state index in [1.54, 1.807) is 0 Å². The summed E-state index contributed by atoms with van der Waals surface area (Å²) in [4.78, 5) is 12.1. The van der Waals surface area contributed by atoms with Gasteiger partial charge in [-0.05, 0) is 13.3 Å². The van der Waals surface area contributed by atoms with Crippen molar-refractivity contribution in [3.63, 3.8) is 0 Å². The third-order valence-corrected chi connectivity index (χ3v) is 10.3. The fraction of sp³-hybridized carbons (Fsp3) is 0.944. The first kappa shape index (κ1) is 19.9. The highest BCUT2D eigenvalue weighted by Crippen LogP contribution is 2.56. The Morgan fingerprint density at radius 3 is 1.86 bits per heavy atom. The number of carbonyl (C=O) groups is 1. The fourth-order valence-electron chi connectivity index (χ4n) is 3.97. The van der Waals surface area contributed by atoms with Gasteiger partial charge in [0.25, 0.3) is 0 Å². The molecule has 0 unspecified atom stereocenters. The van der Waals surface area contributed by atoms with Gasteiger partial charge in [-0.15, -0.1) is 0 Å². The van der Waals surface area contributed by atoms with Crippen molar-refractivity contribution >= 4 is 14.3 Å². The smallest absolute Gasteiger partial charge is 0.349 e. The van der Waals surface area contributed by atoms with Crippen molar-refractivity contribution < 1.29 is 13.6 Å². The van der Waals surface area contributed by atoms with E-state index in [0.29, 0.717) is 24.5 Å². The molecule has 1 rings (SSSR count). The molecule has 1 aliphatic heterocycles. The summed E-state index contributed by atoms with van der Waals surface area (Å²) >= 11 is 0. The van der Waals surface area contributed by atoms with E-state index in [0.717, 1.165) is 6.42 Å². The Hall–Kier alpha value is -0.193. The van der Waals surface area contributed by atoms with Crippen LogP contribution in [0.3, 0.4) is 0 Å². The zero-order valence-corrected chi connectivity index (χ0v) is 17.1. The molecule has 1 aliphatic rings. The molecular weight excluding hydrogens is 292 g/mol. The van der Waals surface area contributed by atoms with Gasteiger partial charge in [0.2, 0.25) is 0 Å². The molecule has 22 heavy (non-hydrogen) atoms. The number of Topliss-reactive ketones (excluding diaryl/α,β-unsaturated/α-hetero) is 1. The minimum atomic E-state index is -2.50. The van der Waals surface area contributed by atoms with Crippen LogP contribution in [-0.2, 0) is 13.6 Å². The number of ketones is 1. The van der Waals surface area contributed by atoms with Crippen LogP contribution < -0.4 is 0 Å². The molecule has 3 atom stereocenters. The van der Waals surface area contributed by atoms with E-state index >= 15 is 0 Å². The Bertz CT molecular complexity index is 378. The summed E-state index contributed by atoms with van der Waals surface area (Å²) < 4.78 is 13.4. The highest BCUT2D eigenvalue weighted by atomic mass is 28.4. The molecule has 0 spiro atoms. The van der Waals surface area contributed by atoms with Gasteiger partial charge in [-0.3, -0.25) is 4.79 Å². The molecule has 0 saturated carbocycles. The van der Waals surface area contributed by atoms with Crippen LogP contribution in [0.25, 0.3) is 0 Å². The summed E-state index contributed by atoms with van der Waals surface area (Å²) in [6.45, 7) is 19.6. The zero-order chi connectivity index (χ0) is 17.3. The number of hydrogen-bond donors (Lipinski definition) is 0. The summed E-state index contributed by atoms with van der Waals surface area (Å²) in [5.74, 6) is 0.601. The van der Waals surface area contributed by atoms with Gasteiger partial charge in [0.05, 0.1) is 6.10 Å². The van der Waals surface area contributed by atoms with Crippen molar-refractivity contribution in [3.05, 3.63) is 0 Å². The van der Waals surface area contributed by atoms with Crippen molar-refractivity contribution in [2.24, 2.45) is 5.92 Å². The van der Waals surface area contributed by atoms with Gasteiger partial charge in [-0.1, -0.05) is 55.4 Å². The highest BCUT2D eigenvalue weighted by molar-refractivity contribution is 6.73. The van der Waals surface area contributed by atoms with Gasteiger partial charge in [0, 0.05) is 34.9 Å². The molecule has 0 aromatic rings. The lowest BCUT2D eigenvalue weighted by molar-refractivity contribution is -0.125. The van der Waals surface area contributed by atoms with E-state index in [4.69, 9.17) is 8.85 Å². The van der Waals surface area contributed by atoms with Crippen LogP contribution >= 0.6 is 0 Å². The molecule has 0 N–H and O–H groups in total. The minimum absolute atomic E-state index is 0.00585. The van der Waals surface area contributed by atoms with Crippen LogP contribution in [0.5, 0.6) is 0 Å². The van der Waals surface area contributed by atoms with Gasteiger partial charge in [-0.25, -0.2) is 0 Å². The summed E-state index contributed by atoms with van der Waals surface area (Å²) in [5.41, 5.74) is 0. The number of rotatable bonds is 4. The first-order valence-electron chi connectivity index (χ1n) is 8.77. The number of carbonyl (C=O) groups excluding carboxylic acids is 1. The Balaban J connectivity index is 3.25. The van der Waals surface area contributed by atoms with Crippen LogP contribution in [0.2, 0.25) is 10.1 Å². The lowest BCUT2D eigenvalue weighted by atomic mass is 9.90. The molecule has 0 radical (unpaired) electrons. The maximum atomic E-state index is 12.1. The minimum Gasteiger partial charge on any atom is -0.390 e. The predicted octanol–water partition coefficient (Wildman–Crippen LogP) is 5.23. The van der Waals surface area contributed by atoms with Gasteiger partial charge < -0.3 is 8.85 Å². The molecule has 130 valence electrons. The van der Waals surface area contributed by atoms with Crippen LogP contribution in [0.1, 0.15) is 81.6 Å². The van der Waals surface area contributed by atoms with Crippen molar-refractivity contribution in [1.29, 1.82) is 0 Å². The summed E-state index contributed by atoms with van der Waals surface area (Å²) in [7, 11) is -2.50. The Morgan fingerprint density at radius 1 is 1.00 bits per heavy atom. The summed E-state index contributed by atoms with van der Waals surface area (Å²) in [5, 5.41) is -0.0720. The first-order valence-corrected chi connectivity index (χ1v) is 10.6. The Morgan fingerprint density at radius 2 is 1.50 bits per heavy atom. The van der Waals surface area contributed by atoms with Crippen LogP contribution in [0.15, 0.2) is 0 Å². The second kappa shape index (κ2) is 6.74. The van der Waals surface area contributed by atoms with Crippen molar-refractivity contribution in [2.45, 2.75) is 104 Å². The quantitative estimate of drug-likeness (QED) is 0.663. The second-order valence-electron chi connectivity index (χ2n) is 8.76. The van der Waals surface area contributed by atoms with Crippen LogP contribution in [-0.4, -0.2) is 26.6 Å². The standard InChI is InChI=1S/C18H36O3Si/c1-10-14(19)12-16-15(11-2)13(3)20-22(21-16,17(4,5)6)18(7,8)9/h13,15-16H,10-12H2,1-9H3/t13-,15-,16-/m1/s1. The maximum Gasteiger partial charge on any atom is 0.349 e. The third kappa shape index (κ3) is 3.65. The molecule has 0 amide bonds. The van der Waals surface area contributed by atoms with E-state index in [-0.39, 0.29) is 22.3 Å². The van der Waals surface area contributed by atoms with Gasteiger partial charge in [0.1, 0.15) is 5.78 Å². The van der Waals surface area contributed by atoms with Gasteiger partial charge in [0.15, 0.2) is 0 Å². The topological polar surface area (TPSA) is 35.5 Å². The number of hydrogen-bond acceptors (Lipinski definition) is 3. The lowest BCUT2D eigenvalue weighted by Crippen LogP contribution is -2.65. The molecule has 0 aromatic carbocycles. The van der Waals surface area contributed by atoms with Gasteiger partial charge in [-0.2, -0.15) is 0 Å². The molecule has 1 heterocycles. The van der Waals surface area contributed by atoms with E-state index in [1.807, 2.05) is 6.92 Å². The van der Waals surface area contributed by atoms with Crippen LogP contribution in [0, 0.1) is 5.92 Å². The summed E-state index contributed by atoms with van der Waals surface area (Å²) in [6.07, 6.45) is 2.26. The fourth-order valence-corrected chi connectivity index (χ4v) is 9.07. The Labute approximate surface area is 138 Å². The van der Waals surface area contributed by atoms with E-state index in [2.05, 4.69) is 55.4 Å². The van der Waals surface area contributed by atoms with Gasteiger partial charge >= 0.3 is 8.56 Å². The SMILES string of the molecule is CCC(=O)C[C@H]1O[Si](C(C)(C)C)(C(C)(C)C)O[C@H](C)[C@H]1CC. The van der Waals surface area contributed by atoms with E-state index < -0.39 is 8.56 Å². The third-order valence-electron chi connectivity index (χ3n) is 5.02. The predicted molar refractivity (Wildman–Crippen MR) is 94.3 cm³/mol. The van der Waals surface area contributed by atoms with Crippen molar-refractivity contribution in [1.82, 2.24) is 0 Å². The molecule has 0 bridgehead atoms. The maximum absolute atomic E-state index is 12.1. The van der Waals surface area contributed by atoms with Crippen molar-refractivity contribution in [3.8, 4) is 0 Å². The average Bonchev–Trinajstić information content (AvgIpc) is 2.35. The molecule has 3 nitrogen and oxygen atoms in total. The van der Waals surface area contributed by atoms with E-state index in [1.165, 1.54) is 0 Å². The lowest BCUT2D eigenvalue weighted by Gasteiger charge is -2.57. The molecule has 4 heteroatoms. The molecular formula is C18H36O3Si. The monoisotopic (exact) mass is 328 g/mol. The zero-order valence-electron chi connectivity index (χ0n) is 16.1. The van der Waals surface area contributed by atoms with Crippen LogP contribution in [0.4, 0.5) is 0 Å². The first-order chi connectivity index (χ1) is 9.89. The highest BCUT2D eigenvalue weighted by Gasteiger charge is 2.63. The molecule has 0 aromatic heterocycles. The Kier molecular flexibility index (Phi) is 6.08. The van der Waals surface area contributed by atoms with E-state index in [9.17, 15) is 4.79 Å². The largest absolute Gasteiger partial charge is 0.390 e. The molecule has 1 saturated heterocycles. The normalized spacial score (nSPS) is 29.4. The molecule has 1 fully saturated rings.